The summed E-state index contributed by atoms with van der Waals surface area (Å²) in [6.45, 7) is 2.32. The lowest BCUT2D eigenvalue weighted by Gasteiger charge is -2.15. The first-order valence-corrected chi connectivity index (χ1v) is 8.24. The number of ether oxygens (including phenoxy) is 1. The maximum Gasteiger partial charge on any atom is 0.330 e. The molecule has 0 aliphatic rings. The average molecular weight is 375 g/mol. The molecule has 7 nitrogen and oxygen atoms in total. The normalized spacial score (nSPS) is 11.8. The number of carbonyl (C=O) groups is 2. The zero-order valence-corrected chi connectivity index (χ0v) is 15.2. The summed E-state index contributed by atoms with van der Waals surface area (Å²) >= 11 is 5.81. The number of nitrogens with one attached hydrogen (secondary N) is 2. The van der Waals surface area contributed by atoms with Crippen molar-refractivity contribution in [3.8, 4) is 0 Å². The number of amides is 1. The van der Waals surface area contributed by atoms with Gasteiger partial charge in [-0.3, -0.25) is 9.78 Å². The number of methoxy groups -OCH3 is 1. The highest BCUT2D eigenvalue weighted by Gasteiger charge is 2.08. The summed E-state index contributed by atoms with van der Waals surface area (Å²) in [6.07, 6.45) is 5.86. The fraction of sp³-hybridized carbons (Fsp3) is 0.222. The van der Waals surface area contributed by atoms with Crippen LogP contribution in [0.1, 0.15) is 23.0 Å². The summed E-state index contributed by atoms with van der Waals surface area (Å²) in [5.74, 6) is -0.0720. The lowest BCUT2D eigenvalue weighted by atomic mass is 10.2. The number of hydrogen-bond donors (Lipinski definition) is 2. The number of benzene rings is 1. The Bertz CT molecular complexity index is 776. The van der Waals surface area contributed by atoms with Crippen LogP contribution in [-0.2, 0) is 9.53 Å². The monoisotopic (exact) mass is 374 g/mol. The van der Waals surface area contributed by atoms with E-state index in [0.717, 1.165) is 0 Å². The van der Waals surface area contributed by atoms with Crippen molar-refractivity contribution >= 4 is 35.4 Å². The third-order valence-electron chi connectivity index (χ3n) is 3.33. The molecule has 0 fully saturated rings. The van der Waals surface area contributed by atoms with Gasteiger partial charge in [-0.1, -0.05) is 11.6 Å². The quantitative estimate of drug-likeness (QED) is 0.571. The molecule has 0 saturated heterocycles. The first kappa shape index (κ1) is 19.4. The third-order valence-corrected chi connectivity index (χ3v) is 3.58. The highest BCUT2D eigenvalue weighted by molar-refractivity contribution is 6.30. The van der Waals surface area contributed by atoms with Crippen LogP contribution < -0.4 is 10.6 Å². The zero-order chi connectivity index (χ0) is 18.9. The Hall–Kier alpha value is -2.93. The van der Waals surface area contributed by atoms with E-state index in [4.69, 9.17) is 11.6 Å². The van der Waals surface area contributed by atoms with E-state index in [9.17, 15) is 9.59 Å². The second-order valence-electron chi connectivity index (χ2n) is 5.45. The minimum atomic E-state index is -0.459. The molecular formula is C18H19ClN4O3. The van der Waals surface area contributed by atoms with Gasteiger partial charge in [-0.05, 0) is 37.3 Å². The molecule has 2 N–H and O–H groups in total. The molecule has 26 heavy (non-hydrogen) atoms. The Morgan fingerprint density at radius 2 is 1.96 bits per heavy atom. The number of hydrogen-bond acceptors (Lipinski definition) is 6. The van der Waals surface area contributed by atoms with Gasteiger partial charge in [0.25, 0.3) is 5.91 Å². The largest absolute Gasteiger partial charge is 0.466 e. The molecule has 2 aromatic rings. The molecule has 1 amide bonds. The Kier molecular flexibility index (Phi) is 7.11. The molecule has 0 aliphatic carbocycles. The van der Waals surface area contributed by atoms with Crippen molar-refractivity contribution in [3.05, 3.63) is 59.0 Å². The molecule has 1 aromatic carbocycles. The fourth-order valence-corrected chi connectivity index (χ4v) is 2.10. The smallest absolute Gasteiger partial charge is 0.330 e. The third kappa shape index (κ3) is 6.18. The van der Waals surface area contributed by atoms with Crippen molar-refractivity contribution in [2.24, 2.45) is 0 Å². The van der Waals surface area contributed by atoms with Gasteiger partial charge in [-0.25, -0.2) is 9.78 Å². The SMILES string of the molecule is COC(=O)C=Cc1cnc(N[C@H](C)CNC(=O)c2ccc(Cl)cc2)cn1. The maximum atomic E-state index is 12.1. The van der Waals surface area contributed by atoms with E-state index in [2.05, 4.69) is 25.3 Å². The van der Waals surface area contributed by atoms with Crippen molar-refractivity contribution in [2.75, 3.05) is 19.0 Å². The van der Waals surface area contributed by atoms with E-state index in [-0.39, 0.29) is 11.9 Å². The van der Waals surface area contributed by atoms with E-state index in [1.165, 1.54) is 25.5 Å². The number of nitrogens with zero attached hydrogens (tertiary/aromatic N) is 2. The Balaban J connectivity index is 1.82. The van der Waals surface area contributed by atoms with Gasteiger partial charge < -0.3 is 15.4 Å². The second kappa shape index (κ2) is 9.53. The number of carbonyl (C=O) groups excluding carboxylic acids is 2. The molecule has 1 atom stereocenters. The summed E-state index contributed by atoms with van der Waals surface area (Å²) in [7, 11) is 1.30. The van der Waals surface area contributed by atoms with Crippen LogP contribution in [0.15, 0.2) is 42.7 Å². The highest BCUT2D eigenvalue weighted by Crippen LogP contribution is 2.09. The predicted molar refractivity (Wildman–Crippen MR) is 100.0 cm³/mol. The summed E-state index contributed by atoms with van der Waals surface area (Å²) in [5.41, 5.74) is 1.08. The molecule has 0 radical (unpaired) electrons. The molecule has 1 aromatic heterocycles. The molecule has 0 aliphatic heterocycles. The van der Waals surface area contributed by atoms with E-state index in [0.29, 0.717) is 28.6 Å². The van der Waals surface area contributed by atoms with Gasteiger partial charge in [0.05, 0.1) is 25.2 Å². The van der Waals surface area contributed by atoms with E-state index < -0.39 is 5.97 Å². The lowest BCUT2D eigenvalue weighted by molar-refractivity contribution is -0.134. The standard InChI is InChI=1S/C18H19ClN4O3/c1-12(9-22-18(25)13-3-5-14(19)6-4-13)23-16-11-20-15(10-21-16)7-8-17(24)26-2/h3-8,10-12H,9H2,1-2H3,(H,21,23)(H,22,25)/t12-/m1/s1. The average Bonchev–Trinajstić information content (AvgIpc) is 2.65. The van der Waals surface area contributed by atoms with E-state index >= 15 is 0 Å². The van der Waals surface area contributed by atoms with E-state index in [1.54, 1.807) is 30.5 Å². The second-order valence-corrected chi connectivity index (χ2v) is 5.88. The van der Waals surface area contributed by atoms with Gasteiger partial charge in [-0.2, -0.15) is 0 Å². The van der Waals surface area contributed by atoms with E-state index in [1.807, 2.05) is 6.92 Å². The van der Waals surface area contributed by atoms with Gasteiger partial charge in [0.1, 0.15) is 5.82 Å². The van der Waals surface area contributed by atoms with Crippen molar-refractivity contribution < 1.29 is 14.3 Å². The van der Waals surface area contributed by atoms with Gasteiger partial charge in [0.2, 0.25) is 0 Å². The topological polar surface area (TPSA) is 93.2 Å². The van der Waals surface area contributed by atoms with Gasteiger partial charge in [-0.15, -0.1) is 0 Å². The Labute approximate surface area is 156 Å². The molecule has 2 rings (SSSR count). The summed E-state index contributed by atoms with van der Waals surface area (Å²) in [6, 6.07) is 6.62. The Morgan fingerprint density at radius 3 is 2.58 bits per heavy atom. The molecule has 1 heterocycles. The molecule has 136 valence electrons. The molecule has 0 bridgehead atoms. The number of anilines is 1. The maximum absolute atomic E-state index is 12.1. The van der Waals surface area contributed by atoms with Crippen LogP contribution >= 0.6 is 11.6 Å². The minimum absolute atomic E-state index is 0.0583. The minimum Gasteiger partial charge on any atom is -0.466 e. The first-order chi connectivity index (χ1) is 12.5. The fourth-order valence-electron chi connectivity index (χ4n) is 1.97. The molecule has 0 spiro atoms. The molecule has 0 unspecified atom stereocenters. The number of rotatable bonds is 7. The van der Waals surface area contributed by atoms with Gasteiger partial charge in [0.15, 0.2) is 0 Å². The zero-order valence-electron chi connectivity index (χ0n) is 14.4. The van der Waals surface area contributed by atoms with Gasteiger partial charge in [0, 0.05) is 29.2 Å². The van der Waals surface area contributed by atoms with Crippen LogP contribution in [0.3, 0.4) is 0 Å². The molecular weight excluding hydrogens is 356 g/mol. The van der Waals surface area contributed by atoms with Crippen LogP contribution in [0.2, 0.25) is 5.02 Å². The van der Waals surface area contributed by atoms with Crippen LogP contribution in [0, 0.1) is 0 Å². The number of aromatic nitrogens is 2. The summed E-state index contributed by atoms with van der Waals surface area (Å²) in [4.78, 5) is 31.5. The van der Waals surface area contributed by atoms with Crippen LogP contribution in [0.5, 0.6) is 0 Å². The van der Waals surface area contributed by atoms with Crippen molar-refractivity contribution in [1.82, 2.24) is 15.3 Å². The van der Waals surface area contributed by atoms with Gasteiger partial charge >= 0.3 is 5.97 Å². The molecule has 0 saturated carbocycles. The van der Waals surface area contributed by atoms with Crippen LogP contribution in [0.4, 0.5) is 5.82 Å². The first-order valence-electron chi connectivity index (χ1n) is 7.86. The van der Waals surface area contributed by atoms with Crippen molar-refractivity contribution in [2.45, 2.75) is 13.0 Å². The number of esters is 1. The highest BCUT2D eigenvalue weighted by atomic mass is 35.5. The van der Waals surface area contributed by atoms with Crippen molar-refractivity contribution in [3.63, 3.8) is 0 Å². The lowest BCUT2D eigenvalue weighted by Crippen LogP contribution is -2.34. The summed E-state index contributed by atoms with van der Waals surface area (Å²) in [5, 5.41) is 6.55. The summed E-state index contributed by atoms with van der Waals surface area (Å²) < 4.78 is 4.50. The predicted octanol–water partition coefficient (Wildman–Crippen LogP) is 2.55. The van der Waals surface area contributed by atoms with Crippen LogP contribution in [-0.4, -0.2) is 41.5 Å². The van der Waals surface area contributed by atoms with Crippen LogP contribution in [0.25, 0.3) is 6.08 Å². The molecule has 8 heteroatoms. The van der Waals surface area contributed by atoms with Crippen molar-refractivity contribution in [1.29, 1.82) is 0 Å². The Morgan fingerprint density at radius 1 is 1.23 bits per heavy atom. The number of halogens is 1.